The first kappa shape index (κ1) is 12.1. The van der Waals surface area contributed by atoms with E-state index in [1.807, 2.05) is 19.1 Å². The van der Waals surface area contributed by atoms with Crippen molar-refractivity contribution < 1.29 is 14.3 Å². The van der Waals surface area contributed by atoms with Gasteiger partial charge in [-0.1, -0.05) is 12.2 Å². The maximum Gasteiger partial charge on any atom is 0.417 e. The highest BCUT2D eigenvalue weighted by Gasteiger charge is 2.44. The minimum absolute atomic E-state index is 0.104. The predicted molar refractivity (Wildman–Crippen MR) is 63.3 cm³/mol. The number of imide groups is 1. The fourth-order valence-electron chi connectivity index (χ4n) is 2.41. The quantitative estimate of drug-likeness (QED) is 0.607. The highest BCUT2D eigenvalue weighted by atomic mass is 16.6. The lowest BCUT2D eigenvalue weighted by molar-refractivity contribution is -0.138. The first-order valence-electron chi connectivity index (χ1n) is 6.04. The molecule has 2 rings (SSSR count). The monoisotopic (exact) mass is 237 g/mol. The van der Waals surface area contributed by atoms with E-state index in [9.17, 15) is 9.59 Å². The van der Waals surface area contributed by atoms with E-state index in [2.05, 4.69) is 0 Å². The zero-order valence-corrected chi connectivity index (χ0v) is 10.8. The minimum Gasteiger partial charge on any atom is -0.443 e. The van der Waals surface area contributed by atoms with Gasteiger partial charge in [0, 0.05) is 6.04 Å². The molecule has 2 bridgehead atoms. The Kier molecular flexibility index (Phi) is 2.76. The minimum atomic E-state index is -0.568. The van der Waals surface area contributed by atoms with Crippen molar-refractivity contribution in [3.05, 3.63) is 12.2 Å². The van der Waals surface area contributed by atoms with Gasteiger partial charge in [0.2, 0.25) is 5.91 Å². The number of piperidine rings is 1. The van der Waals surface area contributed by atoms with Crippen molar-refractivity contribution in [1.82, 2.24) is 4.90 Å². The second kappa shape index (κ2) is 3.86. The molecule has 0 aromatic carbocycles. The number of carbonyl (C=O) groups is 2. The van der Waals surface area contributed by atoms with Crippen molar-refractivity contribution in [1.29, 1.82) is 0 Å². The number of fused-ring (bicyclic) bond motifs is 2. The van der Waals surface area contributed by atoms with Crippen LogP contribution in [0.1, 0.15) is 34.1 Å². The van der Waals surface area contributed by atoms with Crippen LogP contribution in [0.15, 0.2) is 12.2 Å². The van der Waals surface area contributed by atoms with Gasteiger partial charge >= 0.3 is 6.09 Å². The molecular weight excluding hydrogens is 218 g/mol. The van der Waals surface area contributed by atoms with Gasteiger partial charge in [-0.3, -0.25) is 4.79 Å². The Labute approximate surface area is 102 Å². The summed E-state index contributed by atoms with van der Waals surface area (Å²) in [5.74, 6) is 0.0192. The molecule has 0 aromatic rings. The van der Waals surface area contributed by atoms with E-state index in [1.54, 1.807) is 20.8 Å². The van der Waals surface area contributed by atoms with Crippen molar-refractivity contribution in [2.75, 3.05) is 0 Å². The van der Waals surface area contributed by atoms with Crippen molar-refractivity contribution >= 4 is 12.0 Å². The summed E-state index contributed by atoms with van der Waals surface area (Å²) in [7, 11) is 0. The van der Waals surface area contributed by atoms with Crippen LogP contribution in [0.4, 0.5) is 4.79 Å². The Morgan fingerprint density at radius 3 is 2.65 bits per heavy atom. The number of hydrogen-bond donors (Lipinski definition) is 0. The standard InChI is InChI=1S/C13H19NO3/c1-8-9-5-6-10(7-9)11(15)14(8)12(16)17-13(2,3)4/h5-6,8-10H,7H2,1-4H3. The summed E-state index contributed by atoms with van der Waals surface area (Å²) in [6.45, 7) is 7.31. The molecule has 1 aliphatic heterocycles. The molecule has 1 fully saturated rings. The number of carbonyl (C=O) groups excluding carboxylic acids is 2. The number of ether oxygens (including phenoxy) is 1. The molecule has 0 radical (unpaired) electrons. The third kappa shape index (κ3) is 2.21. The second-order valence-corrected chi connectivity index (χ2v) is 5.82. The highest BCUT2D eigenvalue weighted by molar-refractivity contribution is 5.96. The van der Waals surface area contributed by atoms with E-state index in [0.717, 1.165) is 6.42 Å². The summed E-state index contributed by atoms with van der Waals surface area (Å²) in [6, 6.07) is -0.104. The van der Waals surface area contributed by atoms with Gasteiger partial charge in [-0.2, -0.15) is 0 Å². The Morgan fingerprint density at radius 2 is 2.06 bits per heavy atom. The first-order chi connectivity index (χ1) is 7.79. The molecule has 2 amide bonds. The molecular formula is C13H19NO3. The van der Waals surface area contributed by atoms with E-state index in [1.165, 1.54) is 4.90 Å². The van der Waals surface area contributed by atoms with Gasteiger partial charge in [0.05, 0.1) is 5.92 Å². The maximum atomic E-state index is 12.1. The Balaban J connectivity index is 2.16. The smallest absolute Gasteiger partial charge is 0.417 e. The number of rotatable bonds is 0. The summed E-state index contributed by atoms with van der Waals surface area (Å²) >= 11 is 0. The first-order valence-corrected chi connectivity index (χ1v) is 6.04. The molecule has 4 heteroatoms. The molecule has 2 aliphatic rings. The maximum absolute atomic E-state index is 12.1. The van der Waals surface area contributed by atoms with Crippen molar-refractivity contribution in [2.45, 2.75) is 45.8 Å². The van der Waals surface area contributed by atoms with Crippen LogP contribution in [0.3, 0.4) is 0 Å². The number of likely N-dealkylation sites (tertiary alicyclic amines) is 1. The van der Waals surface area contributed by atoms with Crippen LogP contribution < -0.4 is 0 Å². The van der Waals surface area contributed by atoms with Crippen LogP contribution in [0.25, 0.3) is 0 Å². The number of nitrogens with zero attached hydrogens (tertiary/aromatic N) is 1. The summed E-state index contributed by atoms with van der Waals surface area (Å²) in [4.78, 5) is 25.4. The van der Waals surface area contributed by atoms with Gasteiger partial charge in [0.15, 0.2) is 0 Å². The van der Waals surface area contributed by atoms with Crippen LogP contribution in [0, 0.1) is 11.8 Å². The van der Waals surface area contributed by atoms with Crippen LogP contribution in [-0.2, 0) is 9.53 Å². The van der Waals surface area contributed by atoms with Gasteiger partial charge in [-0.05, 0) is 40.0 Å². The van der Waals surface area contributed by atoms with Gasteiger partial charge in [-0.15, -0.1) is 0 Å². The molecule has 4 nitrogen and oxygen atoms in total. The van der Waals surface area contributed by atoms with E-state index in [0.29, 0.717) is 0 Å². The van der Waals surface area contributed by atoms with Crippen LogP contribution in [0.2, 0.25) is 0 Å². The van der Waals surface area contributed by atoms with E-state index in [4.69, 9.17) is 4.74 Å². The normalized spacial score (nSPS) is 31.9. The Morgan fingerprint density at radius 1 is 1.41 bits per heavy atom. The number of amides is 2. The van der Waals surface area contributed by atoms with Crippen LogP contribution >= 0.6 is 0 Å². The molecule has 0 N–H and O–H groups in total. The van der Waals surface area contributed by atoms with Gasteiger partial charge in [0.25, 0.3) is 0 Å². The molecule has 3 atom stereocenters. The molecule has 1 heterocycles. The zero-order valence-electron chi connectivity index (χ0n) is 10.8. The SMILES string of the molecule is CC1C2C=CC(C2)C(=O)N1C(=O)OC(C)(C)C. The summed E-state index contributed by atoms with van der Waals surface area (Å²) in [6.07, 6.45) is 4.26. The average Bonchev–Trinajstić information content (AvgIpc) is 2.58. The second-order valence-electron chi connectivity index (χ2n) is 5.82. The Hall–Kier alpha value is -1.32. The summed E-state index contributed by atoms with van der Waals surface area (Å²) in [5.41, 5.74) is -0.568. The molecule has 0 aromatic heterocycles. The lowest BCUT2D eigenvalue weighted by Gasteiger charge is -2.37. The molecule has 0 saturated carbocycles. The third-order valence-corrected chi connectivity index (χ3v) is 3.29. The van der Waals surface area contributed by atoms with Crippen LogP contribution in [0.5, 0.6) is 0 Å². The van der Waals surface area contributed by atoms with E-state index < -0.39 is 11.7 Å². The molecule has 17 heavy (non-hydrogen) atoms. The zero-order chi connectivity index (χ0) is 12.8. The lowest BCUT2D eigenvalue weighted by atomic mass is 9.90. The molecule has 3 unspecified atom stereocenters. The third-order valence-electron chi connectivity index (χ3n) is 3.29. The topological polar surface area (TPSA) is 46.6 Å². The van der Waals surface area contributed by atoms with Crippen molar-refractivity contribution in [3.8, 4) is 0 Å². The van der Waals surface area contributed by atoms with Crippen molar-refractivity contribution in [3.63, 3.8) is 0 Å². The molecule has 1 saturated heterocycles. The molecule has 0 spiro atoms. The largest absolute Gasteiger partial charge is 0.443 e. The van der Waals surface area contributed by atoms with Gasteiger partial charge in [0.1, 0.15) is 5.60 Å². The van der Waals surface area contributed by atoms with E-state index >= 15 is 0 Å². The number of hydrogen-bond acceptors (Lipinski definition) is 3. The van der Waals surface area contributed by atoms with Crippen molar-refractivity contribution in [2.24, 2.45) is 11.8 Å². The van der Waals surface area contributed by atoms with Crippen LogP contribution in [-0.4, -0.2) is 28.5 Å². The predicted octanol–water partition coefficient (Wildman–Crippen LogP) is 2.34. The summed E-state index contributed by atoms with van der Waals surface area (Å²) in [5, 5.41) is 0. The fourth-order valence-corrected chi connectivity index (χ4v) is 2.41. The molecule has 94 valence electrons. The van der Waals surface area contributed by atoms with E-state index in [-0.39, 0.29) is 23.8 Å². The van der Waals surface area contributed by atoms with Gasteiger partial charge < -0.3 is 4.74 Å². The fraction of sp³-hybridized carbons (Fsp3) is 0.692. The molecule has 1 aliphatic carbocycles. The Bertz CT molecular complexity index is 381. The lowest BCUT2D eigenvalue weighted by Crippen LogP contribution is -2.52. The average molecular weight is 237 g/mol. The summed E-state index contributed by atoms with van der Waals surface area (Å²) < 4.78 is 5.28. The highest BCUT2D eigenvalue weighted by Crippen LogP contribution is 2.36. The van der Waals surface area contributed by atoms with Gasteiger partial charge in [-0.25, -0.2) is 9.69 Å².